The molecule has 0 unspecified atom stereocenters. The monoisotopic (exact) mass is 465 g/mol. The van der Waals surface area contributed by atoms with E-state index in [4.69, 9.17) is 4.98 Å². The van der Waals surface area contributed by atoms with Crippen LogP contribution >= 0.6 is 23.1 Å². The SMILES string of the molecule is O=C(CSc1ncnc2nc(N3CCc4ccccc4C3)sc12)NCCC1=CCCCC1. The number of carbonyl (C=O) groups excluding carboxylic acids is 1. The van der Waals surface area contributed by atoms with Crippen molar-refractivity contribution in [2.75, 3.05) is 23.7 Å². The van der Waals surface area contributed by atoms with E-state index in [1.165, 1.54) is 54.1 Å². The van der Waals surface area contributed by atoms with Crippen molar-refractivity contribution < 1.29 is 4.79 Å². The molecule has 8 heteroatoms. The minimum absolute atomic E-state index is 0.0514. The van der Waals surface area contributed by atoms with Crippen LogP contribution in [-0.2, 0) is 17.8 Å². The highest BCUT2D eigenvalue weighted by Gasteiger charge is 2.21. The normalized spacial score (nSPS) is 16.0. The van der Waals surface area contributed by atoms with Gasteiger partial charge in [0.25, 0.3) is 0 Å². The molecule has 166 valence electrons. The summed E-state index contributed by atoms with van der Waals surface area (Å²) in [4.78, 5) is 28.2. The van der Waals surface area contributed by atoms with Crippen LogP contribution in [0.15, 0.2) is 47.3 Å². The fraction of sp³-hybridized carbons (Fsp3) is 0.417. The Kier molecular flexibility index (Phi) is 6.69. The smallest absolute Gasteiger partial charge is 0.230 e. The number of amides is 1. The summed E-state index contributed by atoms with van der Waals surface area (Å²) in [5.41, 5.74) is 4.98. The maximum absolute atomic E-state index is 12.3. The van der Waals surface area contributed by atoms with Crippen molar-refractivity contribution in [3.8, 4) is 0 Å². The summed E-state index contributed by atoms with van der Waals surface area (Å²) < 4.78 is 0.964. The molecule has 0 spiro atoms. The van der Waals surface area contributed by atoms with Gasteiger partial charge >= 0.3 is 0 Å². The van der Waals surface area contributed by atoms with Crippen molar-refractivity contribution in [2.45, 2.75) is 50.1 Å². The Balaban J connectivity index is 1.20. The van der Waals surface area contributed by atoms with Gasteiger partial charge in [-0.15, -0.1) is 0 Å². The molecule has 2 aliphatic rings. The lowest BCUT2D eigenvalue weighted by atomic mass is 9.97. The number of nitrogens with zero attached hydrogens (tertiary/aromatic N) is 4. The van der Waals surface area contributed by atoms with E-state index in [0.717, 1.165) is 40.8 Å². The van der Waals surface area contributed by atoms with E-state index in [9.17, 15) is 4.79 Å². The Bertz CT molecular complexity index is 1140. The highest BCUT2D eigenvalue weighted by atomic mass is 32.2. The van der Waals surface area contributed by atoms with Gasteiger partial charge in [0.1, 0.15) is 16.1 Å². The number of hydrogen-bond acceptors (Lipinski definition) is 7. The average Bonchev–Trinajstić information content (AvgIpc) is 3.28. The Morgan fingerprint density at radius 2 is 2.06 bits per heavy atom. The molecule has 0 saturated heterocycles. The second-order valence-electron chi connectivity index (χ2n) is 8.27. The molecule has 1 N–H and O–H groups in total. The van der Waals surface area contributed by atoms with Gasteiger partial charge in [0.15, 0.2) is 10.8 Å². The molecule has 1 aliphatic carbocycles. The molecule has 0 radical (unpaired) electrons. The van der Waals surface area contributed by atoms with Crippen LogP contribution < -0.4 is 10.2 Å². The summed E-state index contributed by atoms with van der Waals surface area (Å²) in [6.07, 6.45) is 10.8. The van der Waals surface area contributed by atoms with E-state index < -0.39 is 0 Å². The predicted octanol–water partition coefficient (Wildman–Crippen LogP) is 4.75. The van der Waals surface area contributed by atoms with Crippen molar-refractivity contribution in [3.63, 3.8) is 0 Å². The molecule has 0 bridgehead atoms. The number of fused-ring (bicyclic) bond motifs is 2. The number of anilines is 1. The fourth-order valence-electron chi connectivity index (χ4n) is 4.30. The quantitative estimate of drug-likeness (QED) is 0.309. The number of thiazole rings is 1. The van der Waals surface area contributed by atoms with Crippen LogP contribution in [0.5, 0.6) is 0 Å². The van der Waals surface area contributed by atoms with Crippen LogP contribution in [0, 0.1) is 0 Å². The third-order valence-electron chi connectivity index (χ3n) is 6.04. The minimum Gasteiger partial charge on any atom is -0.355 e. The zero-order chi connectivity index (χ0) is 21.8. The molecule has 5 rings (SSSR count). The van der Waals surface area contributed by atoms with Gasteiger partial charge in [-0.05, 0) is 49.7 Å². The molecular formula is C24H27N5OS2. The van der Waals surface area contributed by atoms with Gasteiger partial charge in [0.2, 0.25) is 5.91 Å². The van der Waals surface area contributed by atoms with Crippen LogP contribution in [0.1, 0.15) is 43.2 Å². The van der Waals surface area contributed by atoms with Gasteiger partial charge in [-0.3, -0.25) is 4.79 Å². The zero-order valence-corrected chi connectivity index (χ0v) is 19.7. The number of nitrogens with one attached hydrogen (secondary N) is 1. The maximum atomic E-state index is 12.3. The molecule has 32 heavy (non-hydrogen) atoms. The molecule has 1 aliphatic heterocycles. The molecule has 0 fully saturated rings. The number of allylic oxidation sites excluding steroid dienone is 1. The van der Waals surface area contributed by atoms with E-state index in [-0.39, 0.29) is 5.91 Å². The van der Waals surface area contributed by atoms with E-state index >= 15 is 0 Å². The Morgan fingerprint density at radius 1 is 1.16 bits per heavy atom. The number of hydrogen-bond donors (Lipinski definition) is 1. The fourth-order valence-corrected chi connectivity index (χ4v) is 6.24. The molecular weight excluding hydrogens is 438 g/mol. The number of rotatable bonds is 7. The lowest BCUT2D eigenvalue weighted by Crippen LogP contribution is -2.30. The molecule has 0 saturated carbocycles. The van der Waals surface area contributed by atoms with Crippen molar-refractivity contribution in [3.05, 3.63) is 53.4 Å². The van der Waals surface area contributed by atoms with Crippen LogP contribution in [0.4, 0.5) is 5.13 Å². The highest BCUT2D eigenvalue weighted by Crippen LogP contribution is 2.35. The predicted molar refractivity (Wildman–Crippen MR) is 131 cm³/mol. The first-order valence-electron chi connectivity index (χ1n) is 11.3. The molecule has 1 amide bonds. The molecule has 6 nitrogen and oxygen atoms in total. The number of thioether (sulfide) groups is 1. The van der Waals surface area contributed by atoms with E-state index in [1.807, 2.05) is 0 Å². The van der Waals surface area contributed by atoms with Gasteiger partial charge in [0, 0.05) is 19.6 Å². The van der Waals surface area contributed by atoms with Crippen molar-refractivity contribution in [1.29, 1.82) is 0 Å². The summed E-state index contributed by atoms with van der Waals surface area (Å²) >= 11 is 3.09. The van der Waals surface area contributed by atoms with Crippen molar-refractivity contribution >= 4 is 44.5 Å². The molecule has 2 aromatic heterocycles. The first-order chi connectivity index (χ1) is 15.8. The average molecular weight is 466 g/mol. The first-order valence-corrected chi connectivity index (χ1v) is 13.1. The second kappa shape index (κ2) is 10.0. The van der Waals surface area contributed by atoms with Crippen LogP contribution in [-0.4, -0.2) is 39.7 Å². The third-order valence-corrected chi connectivity index (χ3v) is 8.27. The van der Waals surface area contributed by atoms with Gasteiger partial charge in [0.05, 0.1) is 5.75 Å². The number of aromatic nitrogens is 3. The Morgan fingerprint density at radius 3 is 2.94 bits per heavy atom. The van der Waals surface area contributed by atoms with Crippen LogP contribution in [0.25, 0.3) is 10.3 Å². The maximum Gasteiger partial charge on any atom is 0.230 e. The summed E-state index contributed by atoms with van der Waals surface area (Å²) in [6, 6.07) is 8.61. The zero-order valence-electron chi connectivity index (χ0n) is 18.0. The van der Waals surface area contributed by atoms with Gasteiger partial charge in [-0.25, -0.2) is 9.97 Å². The van der Waals surface area contributed by atoms with Gasteiger partial charge in [-0.1, -0.05) is 59.0 Å². The summed E-state index contributed by atoms with van der Waals surface area (Å²) in [6.45, 7) is 2.53. The summed E-state index contributed by atoms with van der Waals surface area (Å²) in [5.74, 6) is 0.408. The number of carbonyl (C=O) groups is 1. The standard InChI is InChI=1S/C24H27N5OS2/c30-20(25-12-10-17-6-2-1-3-7-17)15-31-23-21-22(26-16-27-23)28-24(32-21)29-13-11-18-8-4-5-9-19(18)14-29/h4-6,8-9,16H,1-3,7,10-15H2,(H,25,30). The Labute approximate surface area is 196 Å². The lowest BCUT2D eigenvalue weighted by Gasteiger charge is -2.28. The highest BCUT2D eigenvalue weighted by molar-refractivity contribution is 8.00. The molecule has 1 aromatic carbocycles. The third kappa shape index (κ3) is 4.96. The van der Waals surface area contributed by atoms with Gasteiger partial charge < -0.3 is 10.2 Å². The molecule has 0 atom stereocenters. The lowest BCUT2D eigenvalue weighted by molar-refractivity contribution is -0.118. The van der Waals surface area contributed by atoms with Crippen LogP contribution in [0.3, 0.4) is 0 Å². The molecule has 3 aromatic rings. The summed E-state index contributed by atoms with van der Waals surface area (Å²) in [7, 11) is 0. The van der Waals surface area contributed by atoms with Crippen molar-refractivity contribution in [2.24, 2.45) is 0 Å². The van der Waals surface area contributed by atoms with Crippen molar-refractivity contribution in [1.82, 2.24) is 20.3 Å². The van der Waals surface area contributed by atoms with E-state index in [2.05, 4.69) is 50.5 Å². The minimum atomic E-state index is 0.0514. The van der Waals surface area contributed by atoms with E-state index in [0.29, 0.717) is 17.9 Å². The molecule has 3 heterocycles. The second-order valence-corrected chi connectivity index (χ2v) is 10.2. The van der Waals surface area contributed by atoms with Gasteiger partial charge in [-0.2, -0.15) is 4.98 Å². The largest absolute Gasteiger partial charge is 0.355 e. The Hall–Kier alpha value is -2.45. The summed E-state index contributed by atoms with van der Waals surface area (Å²) in [5, 5.41) is 4.86. The first kappa shape index (κ1) is 21.4. The van der Waals surface area contributed by atoms with Crippen LogP contribution in [0.2, 0.25) is 0 Å². The topological polar surface area (TPSA) is 71.0 Å². The van der Waals surface area contributed by atoms with E-state index in [1.54, 1.807) is 17.7 Å². The number of benzene rings is 1.